The Hall–Kier alpha value is -4.33. The number of aromatic nitrogens is 2. The summed E-state index contributed by atoms with van der Waals surface area (Å²) in [6, 6.07) is 17.6. The molecule has 2 N–H and O–H groups in total. The van der Waals surface area contributed by atoms with Crippen LogP contribution in [-0.4, -0.2) is 21.6 Å². The van der Waals surface area contributed by atoms with Crippen molar-refractivity contribution in [3.05, 3.63) is 95.2 Å². The van der Waals surface area contributed by atoms with Crippen LogP contribution in [-0.2, 0) is 13.7 Å². The number of ether oxygens (including phenoxy) is 1. The normalized spacial score (nSPS) is 10.6. The molecule has 2 aromatic carbocycles. The number of aryl methyl sites for hydroxylation is 3. The predicted octanol–water partition coefficient (Wildman–Crippen LogP) is 4.71. The Kier molecular flexibility index (Phi) is 6.26. The van der Waals surface area contributed by atoms with Crippen molar-refractivity contribution in [2.45, 2.75) is 20.5 Å². The van der Waals surface area contributed by atoms with E-state index < -0.39 is 5.91 Å². The second-order valence-electron chi connectivity index (χ2n) is 7.66. The summed E-state index contributed by atoms with van der Waals surface area (Å²) in [6.07, 6.45) is 1.69. The first-order valence-electron chi connectivity index (χ1n) is 10.4. The summed E-state index contributed by atoms with van der Waals surface area (Å²) in [6.45, 7) is 4.28. The molecular formula is C25H24N4O4. The van der Waals surface area contributed by atoms with Crippen LogP contribution >= 0.6 is 0 Å². The molecular weight excluding hydrogens is 420 g/mol. The van der Waals surface area contributed by atoms with Gasteiger partial charge in [-0.1, -0.05) is 12.1 Å². The smallest absolute Gasteiger partial charge is 0.291 e. The minimum absolute atomic E-state index is 0.164. The van der Waals surface area contributed by atoms with Gasteiger partial charge in [-0.25, -0.2) is 0 Å². The molecule has 2 aromatic heterocycles. The fourth-order valence-corrected chi connectivity index (χ4v) is 3.13. The highest BCUT2D eigenvalue weighted by molar-refractivity contribution is 6.04. The lowest BCUT2D eigenvalue weighted by Gasteiger charge is -2.08. The Labute approximate surface area is 191 Å². The van der Waals surface area contributed by atoms with Crippen molar-refractivity contribution in [1.82, 2.24) is 9.78 Å². The van der Waals surface area contributed by atoms with Crippen molar-refractivity contribution in [3.8, 4) is 5.75 Å². The Morgan fingerprint density at radius 3 is 2.39 bits per heavy atom. The summed E-state index contributed by atoms with van der Waals surface area (Å²) in [4.78, 5) is 24.9. The van der Waals surface area contributed by atoms with Crippen molar-refractivity contribution < 1.29 is 18.7 Å². The Bertz CT molecular complexity index is 1310. The third kappa shape index (κ3) is 5.48. The monoisotopic (exact) mass is 444 g/mol. The maximum Gasteiger partial charge on any atom is 0.291 e. The van der Waals surface area contributed by atoms with Gasteiger partial charge in [-0.05, 0) is 73.5 Å². The molecule has 33 heavy (non-hydrogen) atoms. The third-order valence-corrected chi connectivity index (χ3v) is 5.07. The van der Waals surface area contributed by atoms with Crippen LogP contribution in [0, 0.1) is 13.8 Å². The van der Waals surface area contributed by atoms with Crippen LogP contribution < -0.4 is 15.4 Å². The minimum atomic E-state index is -0.402. The molecule has 168 valence electrons. The average molecular weight is 444 g/mol. The highest BCUT2D eigenvalue weighted by Crippen LogP contribution is 2.20. The van der Waals surface area contributed by atoms with E-state index in [4.69, 9.17) is 9.15 Å². The fourth-order valence-electron chi connectivity index (χ4n) is 3.13. The Morgan fingerprint density at radius 1 is 0.939 bits per heavy atom. The standard InChI is InChI=1S/C25H24N4O4/c1-16-7-8-20(13-17(16)2)32-15-21-9-10-23(33-21)25(31)27-19-6-4-5-18(14-19)26-24(30)22-11-12-29(3)28-22/h4-14H,15H2,1-3H3,(H,26,30)(H,27,31). The summed E-state index contributed by atoms with van der Waals surface area (Å²) < 4.78 is 12.9. The molecule has 0 spiro atoms. The van der Waals surface area contributed by atoms with Crippen LogP contribution in [0.25, 0.3) is 0 Å². The minimum Gasteiger partial charge on any atom is -0.486 e. The number of hydrogen-bond acceptors (Lipinski definition) is 5. The molecule has 8 nitrogen and oxygen atoms in total. The summed E-state index contributed by atoms with van der Waals surface area (Å²) in [7, 11) is 1.74. The molecule has 0 bridgehead atoms. The van der Waals surface area contributed by atoms with Gasteiger partial charge in [0.1, 0.15) is 18.1 Å². The number of nitrogens with one attached hydrogen (secondary N) is 2. The number of carbonyl (C=O) groups is 2. The number of benzene rings is 2. The highest BCUT2D eigenvalue weighted by Gasteiger charge is 2.14. The van der Waals surface area contributed by atoms with Crippen molar-refractivity contribution in [2.75, 3.05) is 10.6 Å². The van der Waals surface area contributed by atoms with E-state index in [-0.39, 0.29) is 18.3 Å². The lowest BCUT2D eigenvalue weighted by molar-refractivity contribution is 0.0991. The number of furan rings is 1. The maximum absolute atomic E-state index is 12.6. The van der Waals surface area contributed by atoms with Crippen molar-refractivity contribution in [1.29, 1.82) is 0 Å². The second-order valence-corrected chi connectivity index (χ2v) is 7.66. The zero-order valence-electron chi connectivity index (χ0n) is 18.6. The second kappa shape index (κ2) is 9.44. The quantitative estimate of drug-likeness (QED) is 0.430. The van der Waals surface area contributed by atoms with Crippen molar-refractivity contribution in [3.63, 3.8) is 0 Å². The van der Waals surface area contributed by atoms with Crippen LogP contribution in [0.5, 0.6) is 5.75 Å². The molecule has 0 aliphatic rings. The van der Waals surface area contributed by atoms with Gasteiger partial charge < -0.3 is 19.8 Å². The zero-order valence-corrected chi connectivity index (χ0v) is 18.6. The number of rotatable bonds is 7. The molecule has 8 heteroatoms. The number of nitrogens with zero attached hydrogens (tertiary/aromatic N) is 2. The van der Waals surface area contributed by atoms with Crippen molar-refractivity contribution >= 4 is 23.2 Å². The first-order chi connectivity index (χ1) is 15.9. The molecule has 4 rings (SSSR count). The number of amides is 2. The Balaban J connectivity index is 1.35. The lowest BCUT2D eigenvalue weighted by Crippen LogP contribution is -2.14. The first-order valence-corrected chi connectivity index (χ1v) is 10.4. The van der Waals surface area contributed by atoms with E-state index in [1.807, 2.05) is 32.0 Å². The van der Waals surface area contributed by atoms with E-state index in [2.05, 4.69) is 15.7 Å². The maximum atomic E-state index is 12.6. The molecule has 0 saturated heterocycles. The van der Waals surface area contributed by atoms with Crippen LogP contribution in [0.1, 0.15) is 37.9 Å². The van der Waals surface area contributed by atoms with Gasteiger partial charge >= 0.3 is 0 Å². The van der Waals surface area contributed by atoms with Gasteiger partial charge in [-0.15, -0.1) is 0 Å². The average Bonchev–Trinajstić information content (AvgIpc) is 3.44. The molecule has 0 radical (unpaired) electrons. The lowest BCUT2D eigenvalue weighted by atomic mass is 10.1. The van der Waals surface area contributed by atoms with Gasteiger partial charge in [0.15, 0.2) is 11.5 Å². The van der Waals surface area contributed by atoms with Gasteiger partial charge in [0.2, 0.25) is 0 Å². The summed E-state index contributed by atoms with van der Waals surface area (Å²) >= 11 is 0. The van der Waals surface area contributed by atoms with E-state index in [1.54, 1.807) is 60.4 Å². The van der Waals surface area contributed by atoms with Gasteiger partial charge in [0.05, 0.1) is 0 Å². The Morgan fingerprint density at radius 2 is 1.70 bits per heavy atom. The zero-order chi connectivity index (χ0) is 23.4. The largest absolute Gasteiger partial charge is 0.486 e. The van der Waals surface area contributed by atoms with Crippen LogP contribution in [0.4, 0.5) is 11.4 Å². The predicted molar refractivity (Wildman–Crippen MR) is 125 cm³/mol. The molecule has 0 atom stereocenters. The molecule has 0 saturated carbocycles. The van der Waals surface area contributed by atoms with Crippen LogP contribution in [0.15, 0.2) is 71.3 Å². The summed E-state index contributed by atoms with van der Waals surface area (Å²) in [5.74, 6) is 0.704. The van der Waals surface area contributed by atoms with E-state index in [0.29, 0.717) is 22.8 Å². The SMILES string of the molecule is Cc1ccc(OCc2ccc(C(=O)Nc3cccc(NC(=O)c4ccn(C)n4)c3)o2)cc1C. The molecule has 0 unspecified atom stereocenters. The number of hydrogen-bond donors (Lipinski definition) is 2. The van der Waals surface area contributed by atoms with E-state index >= 15 is 0 Å². The molecule has 2 heterocycles. The highest BCUT2D eigenvalue weighted by atomic mass is 16.5. The van der Waals surface area contributed by atoms with Gasteiger partial charge in [0.25, 0.3) is 11.8 Å². The number of anilines is 2. The van der Waals surface area contributed by atoms with Gasteiger partial charge in [-0.3, -0.25) is 14.3 Å². The van der Waals surface area contributed by atoms with Crippen LogP contribution in [0.3, 0.4) is 0 Å². The first kappa shape index (κ1) is 21.9. The molecule has 2 amide bonds. The van der Waals surface area contributed by atoms with E-state index in [9.17, 15) is 9.59 Å². The van der Waals surface area contributed by atoms with Gasteiger partial charge in [-0.2, -0.15) is 5.10 Å². The molecule has 0 aliphatic heterocycles. The fraction of sp³-hybridized carbons (Fsp3) is 0.160. The topological polar surface area (TPSA) is 98.4 Å². The number of carbonyl (C=O) groups excluding carboxylic acids is 2. The van der Waals surface area contributed by atoms with E-state index in [1.165, 1.54) is 5.56 Å². The van der Waals surface area contributed by atoms with Crippen molar-refractivity contribution in [2.24, 2.45) is 7.05 Å². The molecule has 4 aromatic rings. The van der Waals surface area contributed by atoms with E-state index in [0.717, 1.165) is 11.3 Å². The molecule has 0 fully saturated rings. The summed E-state index contributed by atoms with van der Waals surface area (Å²) in [5.41, 5.74) is 3.69. The van der Waals surface area contributed by atoms with Crippen LogP contribution in [0.2, 0.25) is 0 Å². The van der Waals surface area contributed by atoms with Gasteiger partial charge in [0, 0.05) is 24.6 Å². The summed E-state index contributed by atoms with van der Waals surface area (Å²) in [5, 5.41) is 9.61. The third-order valence-electron chi connectivity index (χ3n) is 5.07. The molecule has 0 aliphatic carbocycles.